The average molecular weight is 2420 g/mol. The first-order chi connectivity index (χ1) is 54.9. The predicted molar refractivity (Wildman–Crippen MR) is 370 cm³/mol. The molecule has 706 valence electrons. The zero-order valence-corrected chi connectivity index (χ0v) is 113. The van der Waals surface area contributed by atoms with Gasteiger partial charge < -0.3 is 39.1 Å². The zero-order chi connectivity index (χ0) is 92.9. The van der Waals surface area contributed by atoms with E-state index in [4.69, 9.17) is 28.4 Å². The van der Waals surface area contributed by atoms with Crippen molar-refractivity contribution in [2.75, 3.05) is 37.1 Å². The van der Waals surface area contributed by atoms with E-state index in [9.17, 15) is 191 Å². The van der Waals surface area contributed by atoms with Crippen molar-refractivity contribution < 1.29 is 692 Å². The molecule has 2 aromatic rings. The summed E-state index contributed by atoms with van der Waals surface area (Å²) in [4.78, 5) is 25.8. The number of nitrogens with one attached hydrogen (secondary N) is 2. The van der Waals surface area contributed by atoms with Crippen molar-refractivity contribution in [1.29, 1.82) is 0 Å². The van der Waals surface area contributed by atoms with Crippen molar-refractivity contribution in [3.63, 3.8) is 0 Å². The molecule has 0 radical (unpaired) electrons. The Kier molecular flexibility index (Phi) is 82.0. The first kappa shape index (κ1) is 164. The molecule has 96 heteroatoms. The van der Waals surface area contributed by atoms with Gasteiger partial charge >= 0.3 is 559 Å². The molecule has 0 saturated carbocycles. The Balaban J connectivity index is -0.00000165. The second-order valence-corrected chi connectivity index (χ2v) is 40.2. The van der Waals surface area contributed by atoms with Crippen LogP contribution in [0, 0.1) is 0 Å². The topological polar surface area (TPSA) is 1000 Å². The van der Waals surface area contributed by atoms with Gasteiger partial charge in [0.15, 0.2) is 24.8 Å². The Morgan fingerprint density at radius 3 is 0.618 bits per heavy atom. The van der Waals surface area contributed by atoms with Crippen LogP contribution in [0.3, 0.4) is 0 Å². The molecule has 0 unspecified atom stereocenters. The predicted octanol–water partition coefficient (Wildman–Crippen LogP) is -49.9. The second-order valence-electron chi connectivity index (χ2n) is 23.0. The van der Waals surface area contributed by atoms with E-state index in [1.165, 1.54) is 0 Å². The van der Waals surface area contributed by atoms with Crippen LogP contribution >= 0.6 is 23.5 Å². The van der Waals surface area contributed by atoms with Gasteiger partial charge in [0.05, 0.1) is 26.4 Å². The van der Waals surface area contributed by atoms with E-state index in [1.54, 1.807) is 0 Å². The summed E-state index contributed by atoms with van der Waals surface area (Å²) in [7, 11) is -85.6. The number of benzene rings is 2. The van der Waals surface area contributed by atoms with E-state index >= 15 is 0 Å². The van der Waals surface area contributed by atoms with Crippen LogP contribution in [0.15, 0.2) is 58.3 Å². The van der Waals surface area contributed by atoms with E-state index in [1.807, 2.05) is 0 Å². The fourth-order valence-electron chi connectivity index (χ4n) is 10.4. The van der Waals surface area contributed by atoms with Crippen molar-refractivity contribution in [2.45, 2.75) is 144 Å². The largest absolute Gasteiger partial charge is 1.00 e. The Morgan fingerprint density at radius 1 is 0.243 bits per heavy atom. The van der Waals surface area contributed by atoms with Crippen LogP contribution < -0.4 is 424 Å². The number of amides is 2. The minimum Gasteiger partial charge on any atom is -0.356 e. The molecule has 4 heterocycles. The number of hydrogen-bond donors (Lipinski definition) is 16. The summed E-state index contributed by atoms with van der Waals surface area (Å²) < 4.78 is 568. The van der Waals surface area contributed by atoms with Crippen molar-refractivity contribution in [2.24, 2.45) is 0 Å². The number of carbonyl (C=O) groups is 2. The summed E-state index contributed by atoms with van der Waals surface area (Å²) in [6, 6.07) is 7.71. The van der Waals surface area contributed by atoms with Crippen LogP contribution in [0.25, 0.3) is 0 Å². The molecule has 4 saturated heterocycles. The van der Waals surface area contributed by atoms with Crippen molar-refractivity contribution in [3.8, 4) is 0 Å². The molecule has 4 aliphatic rings. The number of ether oxygens (including phenoxy) is 6. The summed E-state index contributed by atoms with van der Waals surface area (Å²) >= 11 is 0.157. The summed E-state index contributed by atoms with van der Waals surface area (Å²) in [5.74, 6) is -2.05. The summed E-state index contributed by atoms with van der Waals surface area (Å²) in [6.07, 6.45) is -58.4. The van der Waals surface area contributed by atoms with Gasteiger partial charge in [-0.3, -0.25) is 73.3 Å². The van der Waals surface area contributed by atoms with Gasteiger partial charge in [-0.15, -0.1) is 0 Å². The number of rotatable bonds is 45. The quantitative estimate of drug-likeness (QED) is 0.0216. The molecular weight excluding hydrogens is 2370 g/mol. The van der Waals surface area contributed by atoms with Gasteiger partial charge in [0.25, 0.3) is 0 Å². The SMILES string of the molecule is O=C(CCC(=O)Nc1ccc(S[C@@H]2O[C@H](COS(=O)(=O)O)[C@@H](O[C@@H]3O[C@H](COS(=O)(=O)O)[C@@H](OS(=O)(=O)O)[C@H](OS(=O)(=O)O)[C@H]3OS(=O)(=O)O)[C@H](OS(=O)(=O)O)[C@H]2OS(=O)(=O)O)cc1)Nc1ccc(S[C@@H]2O[C@H](COS(=O)(=O)O)[C@@H](O[C@@H]3O[C@H](COS(=O)(=O)O)[C@@H](OS(=O)(=O)O)[C@H](OS(=O)(=O)O)[C@H]3OS(=O)(=O)O)[C@H](OS(=O)(=O)O)[C@H]2OS(=O)(=O)O)cc1.[Na+].[Na+].[Na+].[Na+].[Na+].[Na+].[Na+].[Na+].[Na+].[Na+].[Na+].[Na+].[Na+].[Na+]. The maximum absolute atomic E-state index is 13.2. The third-order valence-electron chi connectivity index (χ3n) is 14.2. The molecule has 0 aromatic heterocycles. The molecule has 20 atom stereocenters. The van der Waals surface area contributed by atoms with Gasteiger partial charge in [0, 0.05) is 34.0 Å². The number of thioether (sulfide) groups is 2. The van der Waals surface area contributed by atoms with Crippen LogP contribution in [0.2, 0.25) is 0 Å². The fraction of sp³-hybridized carbons (Fsp3) is 0.650. The first-order valence-corrected chi connectivity index (χ1v) is 50.9. The Bertz CT molecular complexity index is 5480. The smallest absolute Gasteiger partial charge is 0.356 e. The summed E-state index contributed by atoms with van der Waals surface area (Å²) in [5.41, 5.74) is -5.38. The Morgan fingerprint density at radius 2 is 0.419 bits per heavy atom. The standard InChI is InChI=1S/C40H56N2O64S16.14Na/c43-23(41-15-1-5-17(6-2-15)107-39-35(105-121(81,82)83)29(99-115(63,64)65)25(19(93-39)11-87-109(45,46)47)95-37-33(103-119(75,76)77)31(101-117(69,70)71)27(97-113(57,58)59)21(91-37)13-89-111(51,52)53)9-10-24(44)42-16-3-7-18(8-4-16)108-40-36(106-122(84,85)86)30(100-116(66,67)68)26(20(94-40)12-88-110(48,49)50)96-38-34(104-120(78,79)80)32(102-118(72,73)74)28(98-114(60,61)62)22(92-38)14-90-112(54,55)56;;;;;;;;;;;;;;/h1-8,19-22,25-40H,9-14H2,(H,41,43)(H,42,44)(H,45,46,47)(H,48,49,50)(H,51,52,53)(H,54,55,56)(H,57,58,59)(H,60,61,62)(H,63,64,65)(H,66,67,68)(H,69,70,71)(H,72,73,74)(H,75,76,77)(H,78,79,80)(H,81,82,83)(H,84,85,86);;;;;;;;;;;;;;/q;14*+1/t19-,20-,21-,22-,25-,26-,27-,28-,29+,30+,31+,32+,33-,34-,35-,36-,37+,38+,39+,40+;;;;;;;;;;;;;;/m1............../s1. The Labute approximate surface area is 1090 Å². The van der Waals surface area contributed by atoms with E-state index < -0.39 is 318 Å². The molecule has 4 aliphatic heterocycles. The minimum atomic E-state index is -6.30. The van der Waals surface area contributed by atoms with Gasteiger partial charge in [0.2, 0.25) is 11.8 Å². The molecule has 16 N–H and O–H groups in total. The molecule has 136 heavy (non-hydrogen) atoms. The van der Waals surface area contributed by atoms with Crippen LogP contribution in [0.1, 0.15) is 12.8 Å². The minimum absolute atomic E-state index is 0. The molecule has 2 aromatic carbocycles. The fourth-order valence-corrected chi connectivity index (χ4v) is 18.9. The van der Waals surface area contributed by atoms with Crippen molar-refractivity contribution in [3.05, 3.63) is 48.5 Å². The van der Waals surface area contributed by atoms with Crippen LogP contribution in [0.5, 0.6) is 0 Å². The molecule has 0 aliphatic carbocycles. The number of hydrogen-bond acceptors (Lipinski definition) is 52. The molecular formula is C40H56N2Na14O64S16+14. The molecule has 66 nitrogen and oxygen atoms in total. The molecule has 2 amide bonds. The number of anilines is 2. The maximum atomic E-state index is 13.2. The van der Waals surface area contributed by atoms with Gasteiger partial charge in [-0.2, -0.15) is 118 Å². The Hall–Kier alpha value is 10.0. The van der Waals surface area contributed by atoms with Crippen LogP contribution in [-0.2, 0) is 242 Å². The molecule has 6 rings (SSSR count). The van der Waals surface area contributed by atoms with E-state index in [-0.39, 0.29) is 458 Å². The molecule has 0 spiro atoms. The van der Waals surface area contributed by atoms with Gasteiger partial charge in [0.1, 0.15) is 96.3 Å². The van der Waals surface area contributed by atoms with Gasteiger partial charge in [-0.1, -0.05) is 23.5 Å². The third-order valence-corrected chi connectivity index (χ3v) is 22.9. The maximum Gasteiger partial charge on any atom is 1.00 e. The average Bonchev–Trinajstić information content (AvgIpc) is 0.755. The van der Waals surface area contributed by atoms with Crippen LogP contribution in [0.4, 0.5) is 11.4 Å². The first-order valence-electron chi connectivity index (χ1n) is 30.0. The number of carbonyl (C=O) groups excluding carboxylic acids is 2. The monoisotopic (exact) mass is 2420 g/mol. The molecule has 4 fully saturated rings. The summed E-state index contributed by atoms with van der Waals surface area (Å²) in [5, 5.41) is 4.57. The van der Waals surface area contributed by atoms with E-state index in [2.05, 4.69) is 69.2 Å². The van der Waals surface area contributed by atoms with E-state index in [0.29, 0.717) is 0 Å². The van der Waals surface area contributed by atoms with Crippen molar-refractivity contribution in [1.82, 2.24) is 0 Å². The van der Waals surface area contributed by atoms with Crippen molar-refractivity contribution >= 4 is 192 Å². The zero-order valence-electron chi connectivity index (χ0n) is 71.6. The normalized spacial score (nSPS) is 25.8. The van der Waals surface area contributed by atoms with Gasteiger partial charge in [-0.05, 0) is 48.5 Å². The van der Waals surface area contributed by atoms with E-state index in [0.717, 1.165) is 48.5 Å². The second kappa shape index (κ2) is 68.2. The molecule has 0 bridgehead atoms. The van der Waals surface area contributed by atoms with Gasteiger partial charge in [-0.25, -0.2) is 58.6 Å². The summed E-state index contributed by atoms with van der Waals surface area (Å²) in [6.45, 7) is -7.68. The van der Waals surface area contributed by atoms with Crippen LogP contribution in [-0.4, -0.2) is 341 Å². The third kappa shape index (κ3) is 64.9.